The van der Waals surface area contributed by atoms with Gasteiger partial charge in [-0.2, -0.15) is 0 Å². The summed E-state index contributed by atoms with van der Waals surface area (Å²) in [5.74, 6) is 1.61. The molecular formula is C32H38N4O5. The third kappa shape index (κ3) is 6.34. The number of methoxy groups -OCH3 is 3. The summed E-state index contributed by atoms with van der Waals surface area (Å²) in [7, 11) is 4.78. The summed E-state index contributed by atoms with van der Waals surface area (Å²) in [6.07, 6.45) is 3.15. The number of hydrogen-bond acceptors (Lipinski definition) is 7. The molecule has 0 aliphatic carbocycles. The van der Waals surface area contributed by atoms with Crippen LogP contribution in [0.3, 0.4) is 0 Å². The Morgan fingerprint density at radius 2 is 1.32 bits per heavy atom. The monoisotopic (exact) mass is 558 g/mol. The Morgan fingerprint density at radius 1 is 0.683 bits per heavy atom. The highest BCUT2D eigenvalue weighted by atomic mass is 16.5. The molecule has 9 heteroatoms. The summed E-state index contributed by atoms with van der Waals surface area (Å²) in [5.41, 5.74) is 3.54. The summed E-state index contributed by atoms with van der Waals surface area (Å²) in [6.45, 7) is 4.61. The number of rotatable bonds is 8. The molecule has 0 spiro atoms. The van der Waals surface area contributed by atoms with Crippen LogP contribution in [0.25, 0.3) is 0 Å². The highest BCUT2D eigenvalue weighted by molar-refractivity contribution is 6.06. The van der Waals surface area contributed by atoms with Gasteiger partial charge < -0.3 is 34.2 Å². The molecule has 41 heavy (non-hydrogen) atoms. The normalized spacial score (nSPS) is 15.3. The van der Waals surface area contributed by atoms with Crippen molar-refractivity contribution in [3.8, 4) is 17.2 Å². The lowest BCUT2D eigenvalue weighted by Crippen LogP contribution is -2.47. The number of carbonyl (C=O) groups is 2. The topological polar surface area (TPSA) is 83.6 Å². The zero-order valence-electron chi connectivity index (χ0n) is 24.0. The van der Waals surface area contributed by atoms with Crippen molar-refractivity contribution in [2.45, 2.75) is 19.3 Å². The van der Waals surface area contributed by atoms with Crippen LogP contribution in [0, 0.1) is 0 Å². The molecule has 0 radical (unpaired) electrons. The van der Waals surface area contributed by atoms with Crippen molar-refractivity contribution in [3.05, 3.63) is 71.8 Å². The molecule has 9 nitrogen and oxygen atoms in total. The zero-order valence-corrected chi connectivity index (χ0v) is 24.0. The highest BCUT2D eigenvalue weighted by Crippen LogP contribution is 2.32. The van der Waals surface area contributed by atoms with Gasteiger partial charge in [0.15, 0.2) is 0 Å². The predicted molar refractivity (Wildman–Crippen MR) is 161 cm³/mol. The molecule has 2 saturated heterocycles. The van der Waals surface area contributed by atoms with Gasteiger partial charge in [0.05, 0.1) is 32.6 Å². The number of nitrogens with zero attached hydrogens (tertiary/aromatic N) is 3. The number of piperazine rings is 1. The fourth-order valence-corrected chi connectivity index (χ4v) is 5.55. The van der Waals surface area contributed by atoms with E-state index in [1.54, 1.807) is 39.5 Å². The minimum atomic E-state index is -0.309. The Kier molecular flexibility index (Phi) is 8.82. The molecule has 0 atom stereocenters. The van der Waals surface area contributed by atoms with Crippen LogP contribution in [0.1, 0.15) is 40.0 Å². The van der Waals surface area contributed by atoms with Crippen molar-refractivity contribution in [1.29, 1.82) is 0 Å². The first-order valence-corrected chi connectivity index (χ1v) is 14.1. The summed E-state index contributed by atoms with van der Waals surface area (Å²) < 4.78 is 16.2. The van der Waals surface area contributed by atoms with Crippen LogP contribution in [0.2, 0.25) is 0 Å². The number of likely N-dealkylation sites (tertiary alicyclic amines) is 1. The van der Waals surface area contributed by atoms with E-state index in [4.69, 9.17) is 14.2 Å². The van der Waals surface area contributed by atoms with Gasteiger partial charge in [-0.3, -0.25) is 9.59 Å². The van der Waals surface area contributed by atoms with E-state index in [-0.39, 0.29) is 11.8 Å². The van der Waals surface area contributed by atoms with Crippen molar-refractivity contribution < 1.29 is 23.8 Å². The third-order valence-corrected chi connectivity index (χ3v) is 7.79. The van der Waals surface area contributed by atoms with Crippen LogP contribution in [-0.2, 0) is 0 Å². The molecule has 0 saturated carbocycles. The van der Waals surface area contributed by atoms with Crippen LogP contribution < -0.4 is 29.3 Å². The van der Waals surface area contributed by atoms with Crippen molar-refractivity contribution in [1.82, 2.24) is 4.90 Å². The summed E-state index contributed by atoms with van der Waals surface area (Å²) in [5, 5.41) is 2.97. The van der Waals surface area contributed by atoms with E-state index in [1.165, 1.54) is 0 Å². The minimum absolute atomic E-state index is 0.00556. The molecule has 2 heterocycles. The molecule has 1 N–H and O–H groups in total. The first-order chi connectivity index (χ1) is 20.0. The van der Waals surface area contributed by atoms with Gasteiger partial charge in [-0.15, -0.1) is 0 Å². The van der Waals surface area contributed by atoms with Crippen LogP contribution in [0.5, 0.6) is 17.2 Å². The summed E-state index contributed by atoms with van der Waals surface area (Å²) >= 11 is 0. The first-order valence-electron chi connectivity index (χ1n) is 14.1. The molecule has 216 valence electrons. The van der Waals surface area contributed by atoms with Crippen molar-refractivity contribution in [2.75, 3.05) is 75.7 Å². The third-order valence-electron chi connectivity index (χ3n) is 7.79. The fourth-order valence-electron chi connectivity index (χ4n) is 5.55. The van der Waals surface area contributed by atoms with E-state index in [2.05, 4.69) is 21.2 Å². The molecule has 0 bridgehead atoms. The van der Waals surface area contributed by atoms with E-state index in [0.29, 0.717) is 28.3 Å². The number of ether oxygens (including phenoxy) is 3. The lowest BCUT2D eigenvalue weighted by molar-refractivity contribution is 0.0724. The van der Waals surface area contributed by atoms with Crippen LogP contribution >= 0.6 is 0 Å². The average Bonchev–Trinajstić information content (AvgIpc) is 3.04. The highest BCUT2D eigenvalue weighted by Gasteiger charge is 2.27. The maximum Gasteiger partial charge on any atom is 0.256 e. The maximum absolute atomic E-state index is 13.8. The second-order valence-electron chi connectivity index (χ2n) is 10.3. The second-order valence-corrected chi connectivity index (χ2v) is 10.3. The van der Waals surface area contributed by atoms with Crippen LogP contribution in [-0.4, -0.2) is 77.3 Å². The largest absolute Gasteiger partial charge is 0.497 e. The maximum atomic E-state index is 13.8. The van der Waals surface area contributed by atoms with Gasteiger partial charge in [0.2, 0.25) is 0 Å². The average molecular weight is 559 g/mol. The van der Waals surface area contributed by atoms with Crippen molar-refractivity contribution in [2.24, 2.45) is 0 Å². The van der Waals surface area contributed by atoms with Crippen molar-refractivity contribution in [3.63, 3.8) is 0 Å². The van der Waals surface area contributed by atoms with Gasteiger partial charge in [-0.05, 0) is 61.7 Å². The van der Waals surface area contributed by atoms with Crippen molar-refractivity contribution >= 4 is 28.9 Å². The molecule has 2 fully saturated rings. The molecule has 0 aromatic heterocycles. The zero-order chi connectivity index (χ0) is 28.8. The lowest BCUT2D eigenvalue weighted by Gasteiger charge is -2.39. The first kappa shape index (κ1) is 28.1. The number of anilines is 3. The molecule has 5 rings (SSSR count). The lowest BCUT2D eigenvalue weighted by atomic mass is 10.0. The quantitative estimate of drug-likeness (QED) is 0.420. The summed E-state index contributed by atoms with van der Waals surface area (Å²) in [6, 6.07) is 18.7. The Balaban J connectivity index is 1.39. The minimum Gasteiger partial charge on any atom is -0.497 e. The number of amides is 2. The molecule has 2 aliphatic heterocycles. The van der Waals surface area contributed by atoms with Gasteiger partial charge in [-0.25, -0.2) is 0 Å². The standard InChI is InChI=1S/C32H38N4O5/c1-39-25-19-23(20-26(22-25)40-2)31(37)33-24-11-12-28(27(21-24)32(38)36-13-7-4-8-14-36)34-15-17-35(18-16-34)29-9-5-6-10-30(29)41-3/h5-6,9-12,19-22H,4,7-8,13-18H2,1-3H3,(H,33,37). The van der Waals surface area contributed by atoms with E-state index in [1.807, 2.05) is 41.3 Å². The Morgan fingerprint density at radius 3 is 1.95 bits per heavy atom. The number of hydrogen-bond donors (Lipinski definition) is 1. The molecule has 0 unspecified atom stereocenters. The summed E-state index contributed by atoms with van der Waals surface area (Å²) in [4.78, 5) is 33.6. The molecule has 2 aliphatic rings. The van der Waals surface area contributed by atoms with Gasteiger partial charge in [0.25, 0.3) is 11.8 Å². The number of nitrogens with one attached hydrogen (secondary N) is 1. The van der Waals surface area contributed by atoms with E-state index < -0.39 is 0 Å². The second kappa shape index (κ2) is 12.8. The van der Waals surface area contributed by atoms with Gasteiger partial charge in [-0.1, -0.05) is 12.1 Å². The van der Waals surface area contributed by atoms with E-state index in [0.717, 1.165) is 75.7 Å². The van der Waals surface area contributed by atoms with Gasteiger partial charge in [0.1, 0.15) is 17.2 Å². The fraction of sp³-hybridized carbons (Fsp3) is 0.375. The molecule has 3 aromatic rings. The molecule has 2 amide bonds. The number of benzene rings is 3. The van der Waals surface area contributed by atoms with Gasteiger partial charge in [0, 0.05) is 62.3 Å². The molecule has 3 aromatic carbocycles. The number of carbonyl (C=O) groups excluding carboxylic acids is 2. The molecular weight excluding hydrogens is 520 g/mol. The van der Waals surface area contributed by atoms with Gasteiger partial charge >= 0.3 is 0 Å². The van der Waals surface area contributed by atoms with E-state index in [9.17, 15) is 9.59 Å². The predicted octanol–water partition coefficient (Wildman–Crippen LogP) is 4.92. The number of piperidine rings is 1. The SMILES string of the molecule is COc1cc(OC)cc(C(=O)Nc2ccc(N3CCN(c4ccccc4OC)CC3)c(C(=O)N3CCCCC3)c2)c1. The smallest absolute Gasteiger partial charge is 0.256 e. The number of para-hydroxylation sites is 2. The van der Waals surface area contributed by atoms with Crippen LogP contribution in [0.4, 0.5) is 17.1 Å². The Hall–Kier alpha value is -4.40. The Labute approximate surface area is 241 Å². The Bertz CT molecular complexity index is 1360. The van der Waals surface area contributed by atoms with E-state index >= 15 is 0 Å². The van der Waals surface area contributed by atoms with Crippen LogP contribution in [0.15, 0.2) is 60.7 Å².